The van der Waals surface area contributed by atoms with Gasteiger partial charge in [0.1, 0.15) is 11.6 Å². The van der Waals surface area contributed by atoms with Crippen LogP contribution in [0.4, 0.5) is 5.82 Å². The number of methoxy groups -OCH3 is 3. The second-order valence-electron chi connectivity index (χ2n) is 8.52. The van der Waals surface area contributed by atoms with Gasteiger partial charge in [-0.3, -0.25) is 4.79 Å². The van der Waals surface area contributed by atoms with E-state index in [-0.39, 0.29) is 24.2 Å². The quantitative estimate of drug-likeness (QED) is 0.437. The molecule has 0 unspecified atom stereocenters. The fourth-order valence-corrected chi connectivity index (χ4v) is 4.53. The number of anilines is 1. The largest absolute Gasteiger partial charge is 0.496 e. The van der Waals surface area contributed by atoms with Crippen LogP contribution in [0.15, 0.2) is 42.6 Å². The maximum Gasteiger partial charge on any atom is 0.272 e. The maximum atomic E-state index is 12.9. The molecule has 0 saturated carbocycles. The number of nitrogens with zero attached hydrogens (tertiary/aromatic N) is 5. The first-order valence-corrected chi connectivity index (χ1v) is 11.4. The number of aryl methyl sites for hydroxylation is 2. The zero-order valence-electron chi connectivity index (χ0n) is 20.7. The maximum absolute atomic E-state index is 12.9. The summed E-state index contributed by atoms with van der Waals surface area (Å²) in [4.78, 5) is 17.6. The van der Waals surface area contributed by atoms with E-state index in [0.29, 0.717) is 28.8 Å². The molecule has 5 rings (SSSR count). The predicted octanol–water partition coefficient (Wildman–Crippen LogP) is 3.84. The highest BCUT2D eigenvalue weighted by Gasteiger charge is 2.35. The van der Waals surface area contributed by atoms with Crippen molar-refractivity contribution in [2.45, 2.75) is 26.2 Å². The Bertz CT molecular complexity index is 1450. The van der Waals surface area contributed by atoms with Gasteiger partial charge in [0.15, 0.2) is 11.5 Å². The summed E-state index contributed by atoms with van der Waals surface area (Å²) in [5.74, 6) is 1.96. The van der Waals surface area contributed by atoms with E-state index in [1.807, 2.05) is 44.2 Å². The molecular weight excluding hydrogens is 460 g/mol. The smallest absolute Gasteiger partial charge is 0.272 e. The first kappa shape index (κ1) is 23.3. The van der Waals surface area contributed by atoms with Gasteiger partial charge in [-0.05, 0) is 19.9 Å². The highest BCUT2D eigenvalue weighted by Crippen LogP contribution is 2.46. The van der Waals surface area contributed by atoms with Gasteiger partial charge in [-0.25, -0.2) is 4.98 Å². The molecule has 1 amide bonds. The molecule has 0 radical (unpaired) electrons. The highest BCUT2D eigenvalue weighted by molar-refractivity contribution is 5.95. The normalized spacial score (nSPS) is 14.7. The Morgan fingerprint density at radius 1 is 0.972 bits per heavy atom. The first-order valence-electron chi connectivity index (χ1n) is 11.4. The van der Waals surface area contributed by atoms with Gasteiger partial charge in [-0.1, -0.05) is 29.8 Å². The van der Waals surface area contributed by atoms with E-state index in [9.17, 15) is 4.79 Å². The van der Waals surface area contributed by atoms with E-state index >= 15 is 0 Å². The number of amides is 1. The summed E-state index contributed by atoms with van der Waals surface area (Å²) in [5, 5.41) is 16.0. The van der Waals surface area contributed by atoms with Crippen LogP contribution in [-0.4, -0.2) is 52.2 Å². The fraction of sp³-hybridized carbons (Fsp3) is 0.269. The monoisotopic (exact) mass is 486 g/mol. The number of nitrogens with one attached hydrogen (secondary N) is 1. The topological polar surface area (TPSA) is 113 Å². The third-order valence-electron chi connectivity index (χ3n) is 6.30. The first-order chi connectivity index (χ1) is 17.4. The van der Waals surface area contributed by atoms with Gasteiger partial charge >= 0.3 is 0 Å². The summed E-state index contributed by atoms with van der Waals surface area (Å²) in [7, 11) is 4.72. The van der Waals surface area contributed by atoms with Crippen LogP contribution in [0.1, 0.15) is 34.7 Å². The van der Waals surface area contributed by atoms with E-state index in [1.54, 1.807) is 33.6 Å². The lowest BCUT2D eigenvalue weighted by Crippen LogP contribution is -2.25. The number of carbonyl (C=O) groups excluding carboxylic acids is 1. The van der Waals surface area contributed by atoms with Crippen molar-refractivity contribution in [2.75, 3.05) is 26.6 Å². The molecule has 10 nitrogen and oxygen atoms in total. The summed E-state index contributed by atoms with van der Waals surface area (Å²) in [5.41, 5.74) is 5.09. The number of fused-ring (bicyclic) bond motifs is 1. The average molecular weight is 487 g/mol. The Kier molecular flexibility index (Phi) is 6.01. The lowest BCUT2D eigenvalue weighted by atomic mass is 9.85. The second-order valence-corrected chi connectivity index (χ2v) is 8.52. The molecule has 2 aromatic carbocycles. The molecule has 10 heteroatoms. The Balaban J connectivity index is 1.63. The molecule has 0 fully saturated rings. The molecule has 0 spiro atoms. The Morgan fingerprint density at radius 3 is 2.36 bits per heavy atom. The molecule has 0 bridgehead atoms. The summed E-state index contributed by atoms with van der Waals surface area (Å²) in [6.07, 6.45) is 1.82. The fourth-order valence-electron chi connectivity index (χ4n) is 4.53. The molecule has 4 aromatic rings. The standard InChI is InChI=1S/C26H26N6O4/c1-14-6-8-16(9-7-14)19-13-27-30-26(28-19)32-25-24(15(2)31-32)18(11-23(33)29-25)17-10-21(35-4)22(36-5)12-20(17)34-3/h6-10,12-13,18H,11H2,1-5H3,(H,29,33)/t18-/m1/s1. The number of ether oxygens (including phenoxy) is 3. The molecule has 1 N–H and O–H groups in total. The van der Waals surface area contributed by atoms with Crippen LogP contribution < -0.4 is 19.5 Å². The lowest BCUT2D eigenvalue weighted by Gasteiger charge is -2.26. The van der Waals surface area contributed by atoms with Crippen molar-refractivity contribution < 1.29 is 19.0 Å². The van der Waals surface area contributed by atoms with Gasteiger partial charge in [-0.2, -0.15) is 14.9 Å². The lowest BCUT2D eigenvalue weighted by molar-refractivity contribution is -0.116. The minimum absolute atomic E-state index is 0.159. The van der Waals surface area contributed by atoms with Crippen molar-refractivity contribution in [3.8, 4) is 34.5 Å². The third-order valence-corrected chi connectivity index (χ3v) is 6.30. The van der Waals surface area contributed by atoms with Gasteiger partial charge < -0.3 is 19.5 Å². The molecule has 36 heavy (non-hydrogen) atoms. The van der Waals surface area contributed by atoms with Crippen molar-refractivity contribution in [3.05, 3.63) is 65.0 Å². The summed E-state index contributed by atoms with van der Waals surface area (Å²) in [6.45, 7) is 3.92. The van der Waals surface area contributed by atoms with Crippen molar-refractivity contribution in [1.29, 1.82) is 0 Å². The number of aromatic nitrogens is 5. The van der Waals surface area contributed by atoms with Crippen molar-refractivity contribution in [2.24, 2.45) is 0 Å². The molecule has 3 heterocycles. The molecule has 1 aliphatic rings. The van der Waals surface area contributed by atoms with E-state index < -0.39 is 0 Å². The minimum atomic E-state index is -0.328. The van der Waals surface area contributed by atoms with Gasteiger partial charge in [0, 0.05) is 35.1 Å². The molecule has 0 saturated heterocycles. The number of rotatable bonds is 6. The van der Waals surface area contributed by atoms with E-state index in [2.05, 4.69) is 20.5 Å². The SMILES string of the molecule is COc1cc(OC)c([C@H]2CC(=O)Nc3c2c(C)nn3-c2nncc(-c3ccc(C)cc3)n2)cc1OC. The molecule has 1 atom stereocenters. The van der Waals surface area contributed by atoms with Gasteiger partial charge in [0.2, 0.25) is 5.91 Å². The van der Waals surface area contributed by atoms with Crippen molar-refractivity contribution >= 4 is 11.7 Å². The zero-order chi connectivity index (χ0) is 25.4. The molecule has 0 aliphatic carbocycles. The van der Waals surface area contributed by atoms with Gasteiger partial charge in [0.25, 0.3) is 5.95 Å². The van der Waals surface area contributed by atoms with Crippen LogP contribution in [0.25, 0.3) is 17.2 Å². The highest BCUT2D eigenvalue weighted by atomic mass is 16.5. The molecule has 2 aromatic heterocycles. The minimum Gasteiger partial charge on any atom is -0.496 e. The van der Waals surface area contributed by atoms with Crippen LogP contribution in [0.2, 0.25) is 0 Å². The van der Waals surface area contributed by atoms with Crippen molar-refractivity contribution in [1.82, 2.24) is 25.0 Å². The zero-order valence-corrected chi connectivity index (χ0v) is 20.7. The average Bonchev–Trinajstić information content (AvgIpc) is 3.23. The summed E-state index contributed by atoms with van der Waals surface area (Å²) < 4.78 is 18.1. The van der Waals surface area contributed by atoms with Crippen LogP contribution in [0.5, 0.6) is 17.2 Å². The molecule has 184 valence electrons. The van der Waals surface area contributed by atoms with E-state index in [1.165, 1.54) is 4.68 Å². The molecule has 1 aliphatic heterocycles. The number of hydrogen-bond acceptors (Lipinski definition) is 8. The Labute approximate surface area is 208 Å². The van der Waals surface area contributed by atoms with Crippen LogP contribution >= 0.6 is 0 Å². The van der Waals surface area contributed by atoms with Crippen LogP contribution in [0.3, 0.4) is 0 Å². The second kappa shape index (κ2) is 9.29. The van der Waals surface area contributed by atoms with E-state index in [4.69, 9.17) is 19.3 Å². The predicted molar refractivity (Wildman–Crippen MR) is 133 cm³/mol. The number of benzene rings is 2. The van der Waals surface area contributed by atoms with Gasteiger partial charge in [0.05, 0.1) is 38.9 Å². The van der Waals surface area contributed by atoms with E-state index in [0.717, 1.165) is 27.9 Å². The van der Waals surface area contributed by atoms with Crippen LogP contribution in [0, 0.1) is 13.8 Å². The Morgan fingerprint density at radius 2 is 1.67 bits per heavy atom. The van der Waals surface area contributed by atoms with Crippen molar-refractivity contribution in [3.63, 3.8) is 0 Å². The summed E-state index contributed by atoms with van der Waals surface area (Å²) in [6, 6.07) is 11.6. The molecular formula is C26H26N6O4. The van der Waals surface area contributed by atoms with Gasteiger partial charge in [-0.15, -0.1) is 5.10 Å². The van der Waals surface area contributed by atoms with Crippen LogP contribution in [-0.2, 0) is 4.79 Å². The summed E-state index contributed by atoms with van der Waals surface area (Å²) >= 11 is 0. The number of hydrogen-bond donors (Lipinski definition) is 1. The number of carbonyl (C=O) groups is 1. The third kappa shape index (κ3) is 4.00. The Hall–Kier alpha value is -4.47.